The highest BCUT2D eigenvalue weighted by Gasteiger charge is 2.19. The molecular weight excluding hydrogens is 474 g/mol. The number of nitrogens with zero attached hydrogens (tertiary/aromatic N) is 6. The molecule has 6 rings (SSSR count). The Hall–Kier alpha value is -4.87. The molecule has 1 aliphatic rings. The van der Waals surface area contributed by atoms with E-state index >= 15 is 0 Å². The second kappa shape index (κ2) is 10.2. The monoisotopic (exact) mass is 499 g/mol. The molecule has 0 radical (unpaired) electrons. The number of benzene rings is 2. The van der Waals surface area contributed by atoms with E-state index in [1.165, 1.54) is 11.6 Å². The molecule has 0 unspecified atom stereocenters. The van der Waals surface area contributed by atoms with Crippen LogP contribution in [0.15, 0.2) is 89.9 Å². The van der Waals surface area contributed by atoms with Crippen molar-refractivity contribution in [2.45, 2.75) is 6.54 Å². The fourth-order valence-electron chi connectivity index (χ4n) is 4.88. The van der Waals surface area contributed by atoms with Crippen molar-refractivity contribution in [1.29, 1.82) is 5.26 Å². The number of nitriles is 1. The van der Waals surface area contributed by atoms with Crippen LogP contribution in [0.5, 0.6) is 0 Å². The third kappa shape index (κ3) is 4.88. The van der Waals surface area contributed by atoms with E-state index in [4.69, 9.17) is 10.2 Å². The molecule has 2 aromatic carbocycles. The van der Waals surface area contributed by atoms with Crippen LogP contribution in [0.4, 0.5) is 5.82 Å². The first kappa shape index (κ1) is 23.5. The molecule has 186 valence electrons. The van der Waals surface area contributed by atoms with Crippen molar-refractivity contribution in [1.82, 2.24) is 24.8 Å². The maximum absolute atomic E-state index is 11.9. The normalized spacial score (nSPS) is 13.9. The summed E-state index contributed by atoms with van der Waals surface area (Å²) in [5, 5.41) is 9.07. The number of anilines is 1. The Morgan fingerprint density at radius 1 is 0.868 bits per heavy atom. The molecule has 5 aromatic rings. The van der Waals surface area contributed by atoms with Crippen LogP contribution in [0.2, 0.25) is 0 Å². The summed E-state index contributed by atoms with van der Waals surface area (Å²) in [6.45, 7) is 4.39. The summed E-state index contributed by atoms with van der Waals surface area (Å²) in [5.41, 5.74) is 6.53. The van der Waals surface area contributed by atoms with Gasteiger partial charge in [-0.25, -0.2) is 15.0 Å². The first-order valence-corrected chi connectivity index (χ1v) is 12.6. The topological polar surface area (TPSA) is 102 Å². The van der Waals surface area contributed by atoms with Gasteiger partial charge in [0, 0.05) is 56.1 Å². The van der Waals surface area contributed by atoms with Crippen LogP contribution in [0.25, 0.3) is 33.4 Å². The molecule has 0 bridgehead atoms. The van der Waals surface area contributed by atoms with Crippen LogP contribution in [-0.4, -0.2) is 51.0 Å². The van der Waals surface area contributed by atoms with Gasteiger partial charge >= 0.3 is 0 Å². The number of H-pyrrole nitrogens is 1. The summed E-state index contributed by atoms with van der Waals surface area (Å²) in [6, 6.07) is 27.9. The molecule has 8 nitrogen and oxygen atoms in total. The Balaban J connectivity index is 1.21. The minimum absolute atomic E-state index is 0.139. The SMILES string of the molecule is N#Cc1nccc(N2CCN(Cc3ccc(-c4nc5ccc(=O)[nH]c5cc4-c4ccccc4)cc3)CC2)n1. The van der Waals surface area contributed by atoms with E-state index in [-0.39, 0.29) is 11.4 Å². The molecule has 38 heavy (non-hydrogen) atoms. The Labute approximate surface area is 219 Å². The second-order valence-corrected chi connectivity index (χ2v) is 9.32. The van der Waals surface area contributed by atoms with Crippen LogP contribution in [0, 0.1) is 11.3 Å². The minimum Gasteiger partial charge on any atom is -0.354 e. The van der Waals surface area contributed by atoms with Crippen LogP contribution < -0.4 is 10.5 Å². The lowest BCUT2D eigenvalue weighted by molar-refractivity contribution is 0.249. The van der Waals surface area contributed by atoms with Gasteiger partial charge in [0.25, 0.3) is 0 Å². The van der Waals surface area contributed by atoms with Gasteiger partial charge in [-0.15, -0.1) is 0 Å². The molecule has 1 N–H and O–H groups in total. The zero-order chi connectivity index (χ0) is 25.9. The standard InChI is InChI=1S/C30H25N7O/c31-19-27-32-13-12-28(35-27)37-16-14-36(15-17-37)20-21-6-8-23(9-7-21)30-24(22-4-2-1-3-5-22)18-26-25(34-30)10-11-29(38)33-26/h1-13,18H,14-17,20H2,(H,33,38). The van der Waals surface area contributed by atoms with Crippen LogP contribution in [0.1, 0.15) is 11.4 Å². The number of pyridine rings is 2. The van der Waals surface area contributed by atoms with Crippen molar-refractivity contribution >= 4 is 16.9 Å². The van der Waals surface area contributed by atoms with E-state index in [0.29, 0.717) is 0 Å². The Morgan fingerprint density at radius 3 is 2.42 bits per heavy atom. The summed E-state index contributed by atoms with van der Waals surface area (Å²) in [5.74, 6) is 1.01. The summed E-state index contributed by atoms with van der Waals surface area (Å²) in [7, 11) is 0. The summed E-state index contributed by atoms with van der Waals surface area (Å²) < 4.78 is 0. The molecule has 0 spiro atoms. The number of piperazine rings is 1. The van der Waals surface area contributed by atoms with Crippen LogP contribution in [-0.2, 0) is 6.54 Å². The molecule has 8 heteroatoms. The fourth-order valence-corrected chi connectivity index (χ4v) is 4.88. The average molecular weight is 500 g/mol. The number of aromatic amines is 1. The van der Waals surface area contributed by atoms with Gasteiger partial charge in [0.05, 0.1) is 16.7 Å². The van der Waals surface area contributed by atoms with Gasteiger partial charge in [-0.3, -0.25) is 9.69 Å². The van der Waals surface area contributed by atoms with Gasteiger partial charge in [0.2, 0.25) is 11.4 Å². The van der Waals surface area contributed by atoms with Gasteiger partial charge in [0.15, 0.2) is 0 Å². The predicted molar refractivity (Wildman–Crippen MR) is 147 cm³/mol. The van der Waals surface area contributed by atoms with Crippen molar-refractivity contribution in [2.24, 2.45) is 0 Å². The molecular formula is C30H25N7O. The van der Waals surface area contributed by atoms with Crippen molar-refractivity contribution in [3.05, 3.63) is 107 Å². The van der Waals surface area contributed by atoms with Gasteiger partial charge in [-0.2, -0.15) is 5.26 Å². The van der Waals surface area contributed by atoms with Crippen LogP contribution in [0.3, 0.4) is 0 Å². The largest absolute Gasteiger partial charge is 0.354 e. The lowest BCUT2D eigenvalue weighted by atomic mass is 9.98. The Morgan fingerprint density at radius 2 is 1.66 bits per heavy atom. The minimum atomic E-state index is -0.139. The van der Waals surface area contributed by atoms with Gasteiger partial charge in [0.1, 0.15) is 11.9 Å². The lowest BCUT2D eigenvalue weighted by Crippen LogP contribution is -2.46. The van der Waals surface area contributed by atoms with Gasteiger partial charge < -0.3 is 9.88 Å². The zero-order valence-electron chi connectivity index (χ0n) is 20.7. The third-order valence-electron chi connectivity index (χ3n) is 6.86. The molecule has 4 heterocycles. The zero-order valence-corrected chi connectivity index (χ0v) is 20.7. The van der Waals surface area contributed by atoms with E-state index in [1.54, 1.807) is 12.3 Å². The molecule has 1 saturated heterocycles. The van der Waals surface area contributed by atoms with Crippen molar-refractivity contribution < 1.29 is 0 Å². The summed E-state index contributed by atoms with van der Waals surface area (Å²) in [4.78, 5) is 32.7. The highest BCUT2D eigenvalue weighted by molar-refractivity contribution is 5.89. The highest BCUT2D eigenvalue weighted by atomic mass is 16.1. The molecule has 0 atom stereocenters. The molecule has 0 aliphatic carbocycles. The maximum Gasteiger partial charge on any atom is 0.248 e. The second-order valence-electron chi connectivity index (χ2n) is 9.32. The molecule has 0 saturated carbocycles. The molecule has 1 aliphatic heterocycles. The molecule has 1 fully saturated rings. The van der Waals surface area contributed by atoms with Gasteiger partial charge in [-0.05, 0) is 29.3 Å². The number of nitrogens with one attached hydrogen (secondary N) is 1. The number of hydrogen-bond donors (Lipinski definition) is 1. The van der Waals surface area contributed by atoms with Crippen molar-refractivity contribution in [3.63, 3.8) is 0 Å². The smallest absolute Gasteiger partial charge is 0.248 e. The van der Waals surface area contributed by atoms with E-state index < -0.39 is 0 Å². The Bertz CT molecular complexity index is 1680. The first-order valence-electron chi connectivity index (χ1n) is 12.6. The van der Waals surface area contributed by atoms with E-state index in [1.807, 2.05) is 36.4 Å². The quantitative estimate of drug-likeness (QED) is 0.386. The average Bonchev–Trinajstić information content (AvgIpc) is 2.98. The molecule has 3 aromatic heterocycles. The Kier molecular flexibility index (Phi) is 6.34. The van der Waals surface area contributed by atoms with E-state index in [9.17, 15) is 4.79 Å². The summed E-state index contributed by atoms with van der Waals surface area (Å²) in [6.07, 6.45) is 1.64. The fraction of sp³-hybridized carbons (Fsp3) is 0.167. The van der Waals surface area contributed by atoms with E-state index in [2.05, 4.69) is 61.1 Å². The van der Waals surface area contributed by atoms with E-state index in [0.717, 1.165) is 72.0 Å². The van der Waals surface area contributed by atoms with Gasteiger partial charge in [-0.1, -0.05) is 54.6 Å². The summed E-state index contributed by atoms with van der Waals surface area (Å²) >= 11 is 0. The molecule has 0 amide bonds. The van der Waals surface area contributed by atoms with Crippen molar-refractivity contribution in [3.8, 4) is 28.5 Å². The van der Waals surface area contributed by atoms with Crippen molar-refractivity contribution in [2.75, 3.05) is 31.1 Å². The highest BCUT2D eigenvalue weighted by Crippen LogP contribution is 2.33. The predicted octanol–water partition coefficient (Wildman–Crippen LogP) is 4.24. The lowest BCUT2D eigenvalue weighted by Gasteiger charge is -2.35. The number of rotatable bonds is 5. The maximum atomic E-state index is 11.9. The van der Waals surface area contributed by atoms with Crippen LogP contribution >= 0.6 is 0 Å². The number of fused-ring (bicyclic) bond motifs is 1. The first-order chi connectivity index (χ1) is 18.7. The number of aromatic nitrogens is 4. The third-order valence-corrected chi connectivity index (χ3v) is 6.86. The number of hydrogen-bond acceptors (Lipinski definition) is 7.